The first kappa shape index (κ1) is 35.4. The first-order valence-corrected chi connectivity index (χ1v) is 19.7. The molecule has 256 valence electrons. The Morgan fingerprint density at radius 1 is 0.959 bits per heavy atom. The van der Waals surface area contributed by atoms with E-state index in [4.69, 9.17) is 19.7 Å². The van der Waals surface area contributed by atoms with Crippen molar-refractivity contribution in [3.05, 3.63) is 128 Å². The van der Waals surface area contributed by atoms with Crippen molar-refractivity contribution in [1.29, 1.82) is 0 Å². The molecule has 3 aromatic rings. The molecular weight excluding hydrogens is 636 g/mol. The van der Waals surface area contributed by atoms with Gasteiger partial charge in [-0.2, -0.15) is 0 Å². The number of hydrogen-bond donors (Lipinski definition) is 1. The van der Waals surface area contributed by atoms with Gasteiger partial charge in [-0.25, -0.2) is 9.37 Å². The predicted octanol–water partition coefficient (Wildman–Crippen LogP) is 9.62. The summed E-state index contributed by atoms with van der Waals surface area (Å²) in [7, 11) is -1.99. The van der Waals surface area contributed by atoms with E-state index in [0.717, 1.165) is 53.9 Å². The van der Waals surface area contributed by atoms with Crippen molar-refractivity contribution >= 4 is 8.32 Å². The lowest BCUT2D eigenvalue weighted by atomic mass is 10.1. The van der Waals surface area contributed by atoms with Crippen LogP contribution in [0.1, 0.15) is 69.0 Å². The van der Waals surface area contributed by atoms with Crippen molar-refractivity contribution in [2.24, 2.45) is 5.11 Å². The number of aromatic amines is 1. The number of rotatable bonds is 15. The van der Waals surface area contributed by atoms with Crippen LogP contribution in [0.4, 0.5) is 4.39 Å². The third-order valence-corrected chi connectivity index (χ3v) is 13.5. The highest BCUT2D eigenvalue weighted by atomic mass is 28.4. The monoisotopic (exact) mass is 680 g/mol. The van der Waals surface area contributed by atoms with E-state index in [-0.39, 0.29) is 22.8 Å². The van der Waals surface area contributed by atoms with Gasteiger partial charge < -0.3 is 14.1 Å². The quantitative estimate of drug-likeness (QED) is 0.0389. The Hall–Kier alpha value is -4.86. The molecule has 2 aliphatic heterocycles. The Kier molecular flexibility index (Phi) is 11.3. The summed E-state index contributed by atoms with van der Waals surface area (Å²) in [5, 5.41) is 3.61. The van der Waals surface area contributed by atoms with Crippen LogP contribution < -0.4 is 14.7 Å². The number of azide groups is 1. The normalized spacial score (nSPS) is 11.8. The SMILES string of the molecule is CC(C)(C)[Si](C)(C)Oc1ccc(-c2cn3c(=O)c(Cc4ccc(OCCCCCCN=[N+]=[N-])c(F)c4)nc-3c(Cc3ccccc3)[nH]2)cc1. The summed E-state index contributed by atoms with van der Waals surface area (Å²) in [6, 6.07) is 22.8. The molecular formula is C38H45FN6O3Si. The molecule has 0 radical (unpaired) electrons. The number of imidazole rings is 1. The number of unbranched alkanes of at least 4 members (excludes halogenated alkanes) is 3. The third kappa shape index (κ3) is 8.98. The number of ether oxygens (including phenoxy) is 1. The van der Waals surface area contributed by atoms with Crippen LogP contribution in [0, 0.1) is 5.82 Å². The molecule has 2 heterocycles. The smallest absolute Gasteiger partial charge is 0.278 e. The van der Waals surface area contributed by atoms with Crippen LogP contribution in [-0.4, -0.2) is 36.0 Å². The highest BCUT2D eigenvalue weighted by molar-refractivity contribution is 6.74. The number of H-pyrrole nitrogens is 1. The number of hydrogen-bond acceptors (Lipinski definition) is 5. The van der Waals surface area contributed by atoms with Gasteiger partial charge in [-0.3, -0.25) is 9.36 Å². The Labute approximate surface area is 288 Å². The largest absolute Gasteiger partial charge is 0.544 e. The van der Waals surface area contributed by atoms with E-state index in [2.05, 4.69) is 48.9 Å². The summed E-state index contributed by atoms with van der Waals surface area (Å²) in [6.45, 7) is 12.0. The average molecular weight is 681 g/mol. The maximum atomic E-state index is 15.0. The molecule has 0 amide bonds. The van der Waals surface area contributed by atoms with Crippen LogP contribution in [0.25, 0.3) is 27.5 Å². The fourth-order valence-corrected chi connectivity index (χ4v) is 6.37. The van der Waals surface area contributed by atoms with Crippen molar-refractivity contribution in [2.75, 3.05) is 13.2 Å². The number of aromatic nitrogens is 3. The molecule has 3 aromatic carbocycles. The van der Waals surface area contributed by atoms with Crippen LogP contribution in [0.2, 0.25) is 18.1 Å². The lowest BCUT2D eigenvalue weighted by Gasteiger charge is -2.36. The standard InChI is InChI=1S/C38H45FN6O3Si/c1-38(2,3)49(4,5)48-30-18-16-29(17-19-30)34-26-45-36(32(42-34)24-27-13-9-8-10-14-27)43-33(37(45)46)25-28-15-20-35(31(39)23-28)47-22-12-7-6-11-21-41-44-40/h8-10,13-20,23,26,42H,6-7,11-12,21-22,24-25H2,1-5H3. The van der Waals surface area contributed by atoms with Gasteiger partial charge in [-0.05, 0) is 89.6 Å². The fraction of sp³-hybridized carbons (Fsp3) is 0.368. The number of benzene rings is 3. The second kappa shape index (κ2) is 15.6. The molecule has 1 N–H and O–H groups in total. The molecule has 5 rings (SSSR count). The predicted molar refractivity (Wildman–Crippen MR) is 195 cm³/mol. The van der Waals surface area contributed by atoms with Crippen LogP contribution in [-0.2, 0) is 12.8 Å². The van der Waals surface area contributed by atoms with Gasteiger partial charge in [0.2, 0.25) is 8.32 Å². The van der Waals surface area contributed by atoms with Crippen molar-refractivity contribution in [3.63, 3.8) is 0 Å². The molecule has 11 heteroatoms. The van der Waals surface area contributed by atoms with Crippen LogP contribution in [0.15, 0.2) is 88.9 Å². The number of nitrogens with zero attached hydrogens (tertiary/aromatic N) is 5. The van der Waals surface area contributed by atoms with E-state index in [1.807, 2.05) is 54.6 Å². The molecule has 0 fully saturated rings. The molecule has 0 bridgehead atoms. The summed E-state index contributed by atoms with van der Waals surface area (Å²) in [5.41, 5.74) is 12.7. The molecule has 49 heavy (non-hydrogen) atoms. The number of nitrogens with one attached hydrogen (secondary N) is 1. The van der Waals surface area contributed by atoms with E-state index in [0.29, 0.717) is 36.6 Å². The van der Waals surface area contributed by atoms with Gasteiger partial charge >= 0.3 is 0 Å². The minimum Gasteiger partial charge on any atom is -0.544 e. The molecule has 0 spiro atoms. The molecule has 0 saturated carbocycles. The first-order chi connectivity index (χ1) is 23.4. The van der Waals surface area contributed by atoms with E-state index in [9.17, 15) is 4.79 Å². The van der Waals surface area contributed by atoms with E-state index in [1.165, 1.54) is 6.07 Å². The van der Waals surface area contributed by atoms with Crippen LogP contribution in [0.5, 0.6) is 11.5 Å². The van der Waals surface area contributed by atoms with Gasteiger partial charge in [0.05, 0.1) is 18.0 Å². The number of halogens is 1. The Bertz CT molecular complexity index is 1930. The zero-order chi connectivity index (χ0) is 35.0. The molecule has 0 atom stereocenters. The summed E-state index contributed by atoms with van der Waals surface area (Å²) >= 11 is 0. The minimum atomic E-state index is -1.99. The van der Waals surface area contributed by atoms with Crippen molar-refractivity contribution in [1.82, 2.24) is 14.5 Å². The highest BCUT2D eigenvalue weighted by Gasteiger charge is 2.39. The maximum Gasteiger partial charge on any atom is 0.278 e. The highest BCUT2D eigenvalue weighted by Crippen LogP contribution is 2.37. The average Bonchev–Trinajstić information content (AvgIpc) is 3.38. The molecule has 0 unspecified atom stereocenters. The van der Waals surface area contributed by atoms with Crippen molar-refractivity contribution < 1.29 is 13.6 Å². The second-order valence-corrected chi connectivity index (χ2v) is 18.6. The molecule has 0 saturated heterocycles. The lowest BCUT2D eigenvalue weighted by molar-refractivity contribution is 0.290. The zero-order valence-corrected chi connectivity index (χ0v) is 30.0. The van der Waals surface area contributed by atoms with Gasteiger partial charge in [0.25, 0.3) is 5.56 Å². The van der Waals surface area contributed by atoms with Gasteiger partial charge in [-0.1, -0.05) is 75.1 Å². The minimum absolute atomic E-state index is 0.0822. The fourth-order valence-electron chi connectivity index (χ4n) is 5.34. The van der Waals surface area contributed by atoms with E-state index < -0.39 is 14.1 Å². The molecule has 0 aliphatic carbocycles. The molecule has 9 nitrogen and oxygen atoms in total. The Balaban J connectivity index is 1.37. The van der Waals surface area contributed by atoms with Crippen LogP contribution >= 0.6 is 0 Å². The van der Waals surface area contributed by atoms with Crippen LogP contribution in [0.3, 0.4) is 0 Å². The van der Waals surface area contributed by atoms with E-state index in [1.54, 1.807) is 22.9 Å². The zero-order valence-electron chi connectivity index (χ0n) is 29.0. The van der Waals surface area contributed by atoms with Gasteiger partial charge in [-0.15, -0.1) is 0 Å². The lowest BCUT2D eigenvalue weighted by Crippen LogP contribution is -2.43. The van der Waals surface area contributed by atoms with Crippen molar-refractivity contribution in [2.45, 2.75) is 77.4 Å². The van der Waals surface area contributed by atoms with Gasteiger partial charge in [0.1, 0.15) is 11.4 Å². The van der Waals surface area contributed by atoms with Gasteiger partial charge in [0, 0.05) is 30.5 Å². The Morgan fingerprint density at radius 2 is 1.69 bits per heavy atom. The third-order valence-electron chi connectivity index (χ3n) is 9.16. The summed E-state index contributed by atoms with van der Waals surface area (Å²) in [6.07, 6.45) is 5.95. The first-order valence-electron chi connectivity index (χ1n) is 16.8. The van der Waals surface area contributed by atoms with Gasteiger partial charge in [0.15, 0.2) is 17.4 Å². The molecule has 0 aromatic heterocycles. The molecule has 2 aliphatic rings. The second-order valence-electron chi connectivity index (χ2n) is 13.9. The van der Waals surface area contributed by atoms with Crippen molar-refractivity contribution in [3.8, 4) is 28.6 Å². The Morgan fingerprint density at radius 3 is 2.39 bits per heavy atom. The van der Waals surface area contributed by atoms with E-state index >= 15 is 4.39 Å². The maximum absolute atomic E-state index is 15.0. The topological polar surface area (TPSA) is 118 Å². The summed E-state index contributed by atoms with van der Waals surface area (Å²) < 4.78 is 28.8. The number of fused-ring (bicyclic) bond motifs is 1. The summed E-state index contributed by atoms with van der Waals surface area (Å²) in [4.78, 5) is 24.9. The summed E-state index contributed by atoms with van der Waals surface area (Å²) in [5.74, 6) is 1.09.